The zero-order chi connectivity index (χ0) is 14.1. The highest BCUT2D eigenvalue weighted by Gasteiger charge is 2.30. The summed E-state index contributed by atoms with van der Waals surface area (Å²) in [5, 5.41) is 4.79. The molecule has 0 aromatic heterocycles. The van der Waals surface area contributed by atoms with Crippen molar-refractivity contribution in [3.05, 3.63) is 42.0 Å². The van der Waals surface area contributed by atoms with Gasteiger partial charge in [-0.3, -0.25) is 14.5 Å². The summed E-state index contributed by atoms with van der Waals surface area (Å²) in [7, 11) is 0. The molecular formula is C16H16N2O2. The third-order valence-corrected chi connectivity index (χ3v) is 3.52. The molecule has 1 aliphatic heterocycles. The Labute approximate surface area is 117 Å². The van der Waals surface area contributed by atoms with Gasteiger partial charge in [-0.25, -0.2) is 0 Å². The van der Waals surface area contributed by atoms with Gasteiger partial charge in [0.05, 0.1) is 5.69 Å². The molecule has 0 bridgehead atoms. The van der Waals surface area contributed by atoms with Crippen LogP contribution in [0, 0.1) is 0 Å². The highest BCUT2D eigenvalue weighted by atomic mass is 16.2. The maximum absolute atomic E-state index is 12.4. The number of benzene rings is 2. The summed E-state index contributed by atoms with van der Waals surface area (Å²) in [6.45, 7) is 2.71. The summed E-state index contributed by atoms with van der Waals surface area (Å²) >= 11 is 0. The van der Waals surface area contributed by atoms with E-state index in [4.69, 9.17) is 0 Å². The summed E-state index contributed by atoms with van der Waals surface area (Å²) in [6, 6.07) is 11.5. The number of hydrogen-bond acceptors (Lipinski definition) is 2. The maximum atomic E-state index is 12.4. The molecule has 0 aliphatic carbocycles. The van der Waals surface area contributed by atoms with Gasteiger partial charge in [0.2, 0.25) is 5.91 Å². The van der Waals surface area contributed by atoms with Crippen LogP contribution in [0.25, 0.3) is 10.8 Å². The highest BCUT2D eigenvalue weighted by Crippen LogP contribution is 2.36. The monoisotopic (exact) mass is 268 g/mol. The quantitative estimate of drug-likeness (QED) is 0.925. The van der Waals surface area contributed by atoms with E-state index in [9.17, 15) is 9.59 Å². The largest absolute Gasteiger partial charge is 0.355 e. The second kappa shape index (κ2) is 4.96. The van der Waals surface area contributed by atoms with E-state index >= 15 is 0 Å². The van der Waals surface area contributed by atoms with Crippen LogP contribution in [0.3, 0.4) is 0 Å². The van der Waals surface area contributed by atoms with Gasteiger partial charge in [-0.05, 0) is 23.9 Å². The van der Waals surface area contributed by atoms with E-state index < -0.39 is 0 Å². The third-order valence-electron chi connectivity index (χ3n) is 3.52. The molecule has 2 aromatic carbocycles. The smallest absolute Gasteiger partial charge is 0.259 e. The van der Waals surface area contributed by atoms with Crippen LogP contribution in [0.15, 0.2) is 36.4 Å². The summed E-state index contributed by atoms with van der Waals surface area (Å²) < 4.78 is 0. The molecule has 0 saturated carbocycles. The first kappa shape index (κ1) is 12.7. The van der Waals surface area contributed by atoms with Crippen LogP contribution >= 0.6 is 0 Å². The van der Waals surface area contributed by atoms with Crippen LogP contribution in [-0.4, -0.2) is 24.9 Å². The molecule has 0 saturated heterocycles. The van der Waals surface area contributed by atoms with Crippen molar-refractivity contribution in [2.24, 2.45) is 0 Å². The van der Waals surface area contributed by atoms with Crippen LogP contribution < -0.4 is 10.2 Å². The molecule has 4 heteroatoms. The minimum Gasteiger partial charge on any atom is -0.355 e. The van der Waals surface area contributed by atoms with Crippen molar-refractivity contribution in [3.63, 3.8) is 0 Å². The first-order chi connectivity index (χ1) is 9.72. The summed E-state index contributed by atoms with van der Waals surface area (Å²) in [4.78, 5) is 25.9. The minimum atomic E-state index is -0.120. The molecule has 1 aliphatic rings. The number of amides is 2. The fourth-order valence-electron chi connectivity index (χ4n) is 2.60. The number of nitrogens with one attached hydrogen (secondary N) is 1. The van der Waals surface area contributed by atoms with E-state index in [1.54, 1.807) is 4.90 Å². The van der Waals surface area contributed by atoms with Gasteiger partial charge in [0.1, 0.15) is 6.54 Å². The molecule has 1 heterocycles. The molecule has 1 N–H and O–H groups in total. The van der Waals surface area contributed by atoms with Crippen molar-refractivity contribution in [1.29, 1.82) is 0 Å². The lowest BCUT2D eigenvalue weighted by molar-refractivity contribution is -0.119. The molecule has 0 fully saturated rings. The number of carbonyl (C=O) groups excluding carboxylic acids is 2. The molecule has 3 rings (SSSR count). The molecule has 102 valence electrons. The van der Waals surface area contributed by atoms with Crippen LogP contribution in [0.2, 0.25) is 0 Å². The average Bonchev–Trinajstić information content (AvgIpc) is 2.73. The summed E-state index contributed by atoms with van der Waals surface area (Å²) in [6.07, 6.45) is 0.884. The maximum Gasteiger partial charge on any atom is 0.259 e. The van der Waals surface area contributed by atoms with Gasteiger partial charge in [-0.2, -0.15) is 0 Å². The van der Waals surface area contributed by atoms with E-state index in [1.165, 1.54) is 0 Å². The molecule has 0 atom stereocenters. The zero-order valence-corrected chi connectivity index (χ0v) is 11.3. The predicted molar refractivity (Wildman–Crippen MR) is 78.9 cm³/mol. The zero-order valence-electron chi connectivity index (χ0n) is 11.3. The topological polar surface area (TPSA) is 49.4 Å². The Morgan fingerprint density at radius 3 is 2.70 bits per heavy atom. The fourth-order valence-corrected chi connectivity index (χ4v) is 2.60. The Hall–Kier alpha value is -2.36. The lowest BCUT2D eigenvalue weighted by Gasteiger charge is -2.17. The van der Waals surface area contributed by atoms with Gasteiger partial charge in [0.15, 0.2) is 0 Å². The molecule has 0 radical (unpaired) electrons. The summed E-state index contributed by atoms with van der Waals surface area (Å²) in [5.74, 6) is -0.214. The molecular weight excluding hydrogens is 252 g/mol. The van der Waals surface area contributed by atoms with Gasteiger partial charge >= 0.3 is 0 Å². The first-order valence-corrected chi connectivity index (χ1v) is 6.82. The molecule has 4 nitrogen and oxygen atoms in total. The number of nitrogens with zero attached hydrogens (tertiary/aromatic N) is 1. The standard InChI is InChI=1S/C16H16N2O2/c1-2-9-17-14(19)10-18-13-8-4-6-11-5-3-7-12(15(11)13)16(18)20/h3-8H,2,9-10H2,1H3,(H,17,19). The Bertz CT molecular complexity index is 689. The van der Waals surface area contributed by atoms with Gasteiger partial charge in [-0.15, -0.1) is 0 Å². The van der Waals surface area contributed by atoms with Crippen molar-refractivity contribution < 1.29 is 9.59 Å². The second-order valence-electron chi connectivity index (χ2n) is 4.92. The molecule has 20 heavy (non-hydrogen) atoms. The lowest BCUT2D eigenvalue weighted by Crippen LogP contribution is -2.39. The normalized spacial score (nSPS) is 13.1. The van der Waals surface area contributed by atoms with Crippen molar-refractivity contribution in [2.45, 2.75) is 13.3 Å². The van der Waals surface area contributed by atoms with Crippen molar-refractivity contribution in [3.8, 4) is 0 Å². The van der Waals surface area contributed by atoms with Crippen molar-refractivity contribution in [2.75, 3.05) is 18.0 Å². The number of carbonyl (C=O) groups is 2. The van der Waals surface area contributed by atoms with E-state index in [1.807, 2.05) is 43.3 Å². The second-order valence-corrected chi connectivity index (χ2v) is 4.92. The van der Waals surface area contributed by atoms with E-state index in [0.717, 1.165) is 22.9 Å². The van der Waals surface area contributed by atoms with E-state index in [0.29, 0.717) is 12.1 Å². The van der Waals surface area contributed by atoms with Gasteiger partial charge in [-0.1, -0.05) is 31.2 Å². The minimum absolute atomic E-state index is 0.0760. The molecule has 0 unspecified atom stereocenters. The molecule has 2 amide bonds. The van der Waals surface area contributed by atoms with Gasteiger partial charge in [0.25, 0.3) is 5.91 Å². The molecule has 2 aromatic rings. The van der Waals surface area contributed by atoms with Gasteiger partial charge < -0.3 is 5.32 Å². The van der Waals surface area contributed by atoms with E-state index in [2.05, 4.69) is 5.32 Å². The van der Waals surface area contributed by atoms with Gasteiger partial charge in [0, 0.05) is 17.5 Å². The predicted octanol–water partition coefficient (Wildman–Crippen LogP) is 2.33. The first-order valence-electron chi connectivity index (χ1n) is 6.82. The third kappa shape index (κ3) is 1.93. The SMILES string of the molecule is CCCNC(=O)CN1C(=O)c2cccc3cccc1c23. The number of anilines is 1. The van der Waals surface area contributed by atoms with Crippen molar-refractivity contribution >= 4 is 28.3 Å². The Kier molecular flexibility index (Phi) is 3.14. The Balaban J connectivity index is 1.95. The Morgan fingerprint density at radius 1 is 1.20 bits per heavy atom. The fraction of sp³-hybridized carbons (Fsp3) is 0.250. The Morgan fingerprint density at radius 2 is 1.95 bits per heavy atom. The number of rotatable bonds is 4. The summed E-state index contributed by atoms with van der Waals surface area (Å²) in [5.41, 5.74) is 1.51. The average molecular weight is 268 g/mol. The van der Waals surface area contributed by atoms with Crippen LogP contribution in [0.5, 0.6) is 0 Å². The van der Waals surface area contributed by atoms with Crippen LogP contribution in [0.4, 0.5) is 5.69 Å². The molecule has 0 spiro atoms. The number of hydrogen-bond donors (Lipinski definition) is 1. The van der Waals surface area contributed by atoms with Crippen LogP contribution in [-0.2, 0) is 4.79 Å². The van der Waals surface area contributed by atoms with Crippen molar-refractivity contribution in [1.82, 2.24) is 5.32 Å². The van der Waals surface area contributed by atoms with E-state index in [-0.39, 0.29) is 18.4 Å². The highest BCUT2D eigenvalue weighted by molar-refractivity contribution is 6.26. The lowest BCUT2D eigenvalue weighted by atomic mass is 10.1. The van der Waals surface area contributed by atoms with Crippen LogP contribution in [0.1, 0.15) is 23.7 Å².